The second kappa shape index (κ2) is 7.96. The molecule has 1 unspecified atom stereocenters. The highest BCUT2D eigenvalue weighted by Gasteiger charge is 2.10. The van der Waals surface area contributed by atoms with Crippen molar-refractivity contribution in [2.24, 2.45) is 0 Å². The van der Waals surface area contributed by atoms with Gasteiger partial charge in [0.2, 0.25) is 5.88 Å². The van der Waals surface area contributed by atoms with Gasteiger partial charge in [0.15, 0.2) is 0 Å². The maximum atomic E-state index is 5.95. The third-order valence-electron chi connectivity index (χ3n) is 3.21. The fourth-order valence-electron chi connectivity index (χ4n) is 2.25. The van der Waals surface area contributed by atoms with Crippen molar-refractivity contribution in [1.29, 1.82) is 0 Å². The molecule has 0 aliphatic carbocycles. The summed E-state index contributed by atoms with van der Waals surface area (Å²) in [6.45, 7) is 6.44. The lowest BCUT2D eigenvalue weighted by molar-refractivity contribution is 0.0900. The van der Waals surface area contributed by atoms with E-state index in [1.807, 2.05) is 25.1 Å². The van der Waals surface area contributed by atoms with Crippen LogP contribution in [0.3, 0.4) is 0 Å². The van der Waals surface area contributed by atoms with Crippen molar-refractivity contribution in [3.8, 4) is 5.88 Å². The van der Waals surface area contributed by atoms with Gasteiger partial charge in [0.05, 0.1) is 12.3 Å². The maximum Gasteiger partial charge on any atom is 0.221 e. The van der Waals surface area contributed by atoms with Crippen molar-refractivity contribution < 1.29 is 9.47 Å². The van der Waals surface area contributed by atoms with E-state index >= 15 is 0 Å². The fraction of sp³-hybridized carbons (Fsp3) is 0.471. The summed E-state index contributed by atoms with van der Waals surface area (Å²) in [6, 6.07) is 10.3. The molecule has 0 aliphatic heterocycles. The first-order valence-corrected chi connectivity index (χ1v) is 7.49. The fourth-order valence-corrected chi connectivity index (χ4v) is 2.25. The van der Waals surface area contributed by atoms with E-state index < -0.39 is 0 Å². The standard InChI is InChI=1S/C17H24N2O2/c1-4-9-18-11-15-10-14-7-5-6-8-16(14)17(19-15)21-13(2)12-20-3/h5-8,10,13,18H,4,9,11-12H2,1-3H3. The minimum Gasteiger partial charge on any atom is -0.472 e. The molecule has 0 radical (unpaired) electrons. The van der Waals surface area contributed by atoms with Crippen LogP contribution in [0.2, 0.25) is 0 Å². The summed E-state index contributed by atoms with van der Waals surface area (Å²) in [7, 11) is 1.68. The Morgan fingerprint density at radius 3 is 2.86 bits per heavy atom. The molecule has 0 bridgehead atoms. The van der Waals surface area contributed by atoms with Crippen LogP contribution in [-0.4, -0.2) is 31.3 Å². The number of nitrogens with zero attached hydrogens (tertiary/aromatic N) is 1. The van der Waals surface area contributed by atoms with Crippen molar-refractivity contribution in [1.82, 2.24) is 10.3 Å². The molecule has 0 saturated carbocycles. The number of aromatic nitrogens is 1. The first-order chi connectivity index (χ1) is 10.2. The predicted molar refractivity (Wildman–Crippen MR) is 85.7 cm³/mol. The summed E-state index contributed by atoms with van der Waals surface area (Å²) in [4.78, 5) is 4.65. The summed E-state index contributed by atoms with van der Waals surface area (Å²) in [5, 5.41) is 5.57. The van der Waals surface area contributed by atoms with Gasteiger partial charge in [-0.05, 0) is 37.4 Å². The average Bonchev–Trinajstić information content (AvgIpc) is 2.48. The first-order valence-electron chi connectivity index (χ1n) is 7.49. The normalized spacial score (nSPS) is 12.5. The Morgan fingerprint density at radius 1 is 1.29 bits per heavy atom. The first kappa shape index (κ1) is 15.7. The van der Waals surface area contributed by atoms with Crippen molar-refractivity contribution >= 4 is 10.8 Å². The number of benzene rings is 1. The van der Waals surface area contributed by atoms with Crippen LogP contribution in [0.25, 0.3) is 10.8 Å². The average molecular weight is 288 g/mol. The van der Waals surface area contributed by atoms with E-state index in [1.165, 1.54) is 0 Å². The van der Waals surface area contributed by atoms with Crippen LogP contribution in [0.1, 0.15) is 26.0 Å². The summed E-state index contributed by atoms with van der Waals surface area (Å²) in [5.74, 6) is 0.686. The summed E-state index contributed by atoms with van der Waals surface area (Å²) >= 11 is 0. The molecule has 0 saturated heterocycles. The van der Waals surface area contributed by atoms with Gasteiger partial charge in [0, 0.05) is 19.0 Å². The molecule has 1 heterocycles. The number of hydrogen-bond donors (Lipinski definition) is 1. The van der Waals surface area contributed by atoms with Crippen LogP contribution in [0.4, 0.5) is 0 Å². The second-order valence-electron chi connectivity index (χ2n) is 5.20. The highest BCUT2D eigenvalue weighted by atomic mass is 16.5. The number of methoxy groups -OCH3 is 1. The van der Waals surface area contributed by atoms with Gasteiger partial charge in [-0.25, -0.2) is 4.98 Å². The van der Waals surface area contributed by atoms with E-state index in [9.17, 15) is 0 Å². The molecule has 1 aromatic heterocycles. The summed E-state index contributed by atoms with van der Waals surface area (Å²) < 4.78 is 11.1. The zero-order valence-corrected chi connectivity index (χ0v) is 13.1. The van der Waals surface area contributed by atoms with Gasteiger partial charge in [-0.1, -0.05) is 25.1 Å². The molecule has 114 valence electrons. The molecular weight excluding hydrogens is 264 g/mol. The number of fused-ring (bicyclic) bond motifs is 1. The van der Waals surface area contributed by atoms with Gasteiger partial charge in [-0.15, -0.1) is 0 Å². The molecule has 0 spiro atoms. The number of hydrogen-bond acceptors (Lipinski definition) is 4. The molecule has 4 heteroatoms. The Balaban J connectivity index is 2.26. The zero-order valence-electron chi connectivity index (χ0n) is 13.1. The summed E-state index contributed by atoms with van der Waals surface area (Å²) in [5.41, 5.74) is 1.00. The van der Waals surface area contributed by atoms with E-state index in [0.717, 1.165) is 36.0 Å². The van der Waals surface area contributed by atoms with Gasteiger partial charge in [-0.3, -0.25) is 0 Å². The Kier molecular flexibility index (Phi) is 5.96. The summed E-state index contributed by atoms with van der Waals surface area (Å²) in [6.07, 6.45) is 1.09. The molecule has 0 aliphatic rings. The lowest BCUT2D eigenvalue weighted by Crippen LogP contribution is -2.20. The lowest BCUT2D eigenvalue weighted by atomic mass is 10.1. The van der Waals surface area contributed by atoms with E-state index in [4.69, 9.17) is 9.47 Å². The van der Waals surface area contributed by atoms with E-state index in [1.54, 1.807) is 7.11 Å². The molecule has 0 amide bonds. The molecule has 2 rings (SSSR count). The largest absolute Gasteiger partial charge is 0.472 e. The third-order valence-corrected chi connectivity index (χ3v) is 3.21. The van der Waals surface area contributed by atoms with Gasteiger partial charge < -0.3 is 14.8 Å². The SMILES string of the molecule is CCCNCc1cc2ccccc2c(OC(C)COC)n1. The highest BCUT2D eigenvalue weighted by Crippen LogP contribution is 2.25. The van der Waals surface area contributed by atoms with Crippen molar-refractivity contribution in [2.75, 3.05) is 20.3 Å². The number of ether oxygens (including phenoxy) is 2. The Bertz CT molecular complexity index is 572. The van der Waals surface area contributed by atoms with E-state index in [0.29, 0.717) is 12.5 Å². The highest BCUT2D eigenvalue weighted by molar-refractivity contribution is 5.87. The molecule has 1 N–H and O–H groups in total. The minimum absolute atomic E-state index is 0.0234. The molecular formula is C17H24N2O2. The smallest absolute Gasteiger partial charge is 0.221 e. The van der Waals surface area contributed by atoms with Gasteiger partial charge in [-0.2, -0.15) is 0 Å². The van der Waals surface area contributed by atoms with Gasteiger partial charge in [0.1, 0.15) is 6.10 Å². The number of pyridine rings is 1. The van der Waals surface area contributed by atoms with E-state index in [2.05, 4.69) is 29.4 Å². The second-order valence-corrected chi connectivity index (χ2v) is 5.20. The maximum absolute atomic E-state index is 5.95. The lowest BCUT2D eigenvalue weighted by Gasteiger charge is -2.16. The van der Waals surface area contributed by atoms with Gasteiger partial charge in [0.25, 0.3) is 0 Å². The van der Waals surface area contributed by atoms with Crippen LogP contribution in [0.15, 0.2) is 30.3 Å². The Morgan fingerprint density at radius 2 is 2.10 bits per heavy atom. The monoisotopic (exact) mass is 288 g/mol. The van der Waals surface area contributed by atoms with Crippen LogP contribution in [0.5, 0.6) is 5.88 Å². The van der Waals surface area contributed by atoms with E-state index in [-0.39, 0.29) is 6.10 Å². The third kappa shape index (κ3) is 4.41. The Hall–Kier alpha value is -1.65. The van der Waals surface area contributed by atoms with Crippen molar-refractivity contribution in [3.63, 3.8) is 0 Å². The topological polar surface area (TPSA) is 43.4 Å². The van der Waals surface area contributed by atoms with Crippen LogP contribution in [-0.2, 0) is 11.3 Å². The molecule has 21 heavy (non-hydrogen) atoms. The molecule has 1 atom stereocenters. The van der Waals surface area contributed by atoms with Crippen LogP contribution in [0, 0.1) is 0 Å². The molecule has 4 nitrogen and oxygen atoms in total. The quantitative estimate of drug-likeness (QED) is 0.758. The van der Waals surface area contributed by atoms with Gasteiger partial charge >= 0.3 is 0 Å². The minimum atomic E-state index is -0.0234. The predicted octanol–water partition coefficient (Wildman–Crippen LogP) is 3.15. The van der Waals surface area contributed by atoms with Crippen molar-refractivity contribution in [3.05, 3.63) is 36.0 Å². The van der Waals surface area contributed by atoms with Crippen LogP contribution >= 0.6 is 0 Å². The molecule has 2 aromatic rings. The number of rotatable bonds is 8. The molecule has 1 aromatic carbocycles. The number of nitrogens with one attached hydrogen (secondary N) is 1. The van der Waals surface area contributed by atoms with Crippen molar-refractivity contribution in [2.45, 2.75) is 32.9 Å². The van der Waals surface area contributed by atoms with Crippen LogP contribution < -0.4 is 10.1 Å². The molecule has 0 fully saturated rings. The zero-order chi connectivity index (χ0) is 15.1. The Labute approximate surface area is 126 Å².